The molecule has 6 nitrogen and oxygen atoms in total. The van der Waals surface area contributed by atoms with Gasteiger partial charge in [-0.25, -0.2) is 0 Å². The molecule has 0 heterocycles. The molecule has 0 aliphatic carbocycles. The summed E-state index contributed by atoms with van der Waals surface area (Å²) in [6, 6.07) is 18.7. The molecule has 0 saturated carbocycles. The van der Waals surface area contributed by atoms with E-state index >= 15 is 0 Å². The molecule has 0 aliphatic heterocycles. The Balaban J connectivity index is 1.62. The first-order valence-corrected chi connectivity index (χ1v) is 8.44. The van der Waals surface area contributed by atoms with Gasteiger partial charge in [-0.2, -0.15) is 0 Å². The maximum atomic E-state index is 11.7. The van der Waals surface area contributed by atoms with Gasteiger partial charge in [0.15, 0.2) is 5.17 Å². The van der Waals surface area contributed by atoms with Gasteiger partial charge in [-0.05, 0) is 11.1 Å². The van der Waals surface area contributed by atoms with Crippen molar-refractivity contribution in [1.29, 1.82) is 0 Å². The van der Waals surface area contributed by atoms with Crippen LogP contribution < -0.4 is 5.32 Å². The number of hydrogen-bond acceptors (Lipinski definition) is 5. The molecule has 26 heavy (non-hydrogen) atoms. The summed E-state index contributed by atoms with van der Waals surface area (Å²) in [5, 5.41) is 2.84. The van der Waals surface area contributed by atoms with Crippen molar-refractivity contribution >= 4 is 29.7 Å². The summed E-state index contributed by atoms with van der Waals surface area (Å²) >= 11 is 4.08. The Bertz CT molecular complexity index is 736. The summed E-state index contributed by atoms with van der Waals surface area (Å²) < 4.78 is 10.2. The number of rotatable bonds is 8. The number of carbonyl (C=O) groups excluding carboxylic acids is 2. The average Bonchev–Trinajstić information content (AvgIpc) is 2.69. The molecule has 0 unspecified atom stereocenters. The van der Waals surface area contributed by atoms with Crippen LogP contribution in [0.2, 0.25) is 0 Å². The van der Waals surface area contributed by atoms with Gasteiger partial charge in [0.2, 0.25) is 0 Å². The third-order valence-corrected chi connectivity index (χ3v) is 3.53. The zero-order chi connectivity index (χ0) is 18.6. The fraction of sp³-hybridized carbons (Fsp3) is 0.211. The number of esters is 2. The molecule has 0 saturated heterocycles. The third-order valence-electron chi connectivity index (χ3n) is 3.23. The van der Waals surface area contributed by atoms with Gasteiger partial charge in [-0.3, -0.25) is 14.6 Å². The van der Waals surface area contributed by atoms with Crippen LogP contribution in [0.15, 0.2) is 65.7 Å². The van der Waals surface area contributed by atoms with Crippen LogP contribution in [-0.4, -0.2) is 30.2 Å². The third kappa shape index (κ3) is 7.85. The summed E-state index contributed by atoms with van der Waals surface area (Å²) in [5.74, 6) is -0.920. The number of nitrogens with zero attached hydrogens (tertiary/aromatic N) is 1. The van der Waals surface area contributed by atoms with E-state index in [1.54, 1.807) is 0 Å². The van der Waals surface area contributed by atoms with Gasteiger partial charge in [0.05, 0.1) is 0 Å². The van der Waals surface area contributed by atoms with Crippen LogP contribution in [0, 0.1) is 0 Å². The van der Waals surface area contributed by atoms with Crippen LogP contribution in [-0.2, 0) is 32.3 Å². The lowest BCUT2D eigenvalue weighted by molar-refractivity contribution is -0.144. The van der Waals surface area contributed by atoms with Crippen LogP contribution in [0.5, 0.6) is 0 Å². The molecule has 2 aromatic carbocycles. The molecule has 0 spiro atoms. The summed E-state index contributed by atoms with van der Waals surface area (Å²) in [7, 11) is 0. The van der Waals surface area contributed by atoms with Gasteiger partial charge in [-0.15, -0.1) is 12.6 Å². The summed E-state index contributed by atoms with van der Waals surface area (Å²) in [5.41, 5.74) is 1.80. The van der Waals surface area contributed by atoms with E-state index in [4.69, 9.17) is 9.47 Å². The highest BCUT2D eigenvalue weighted by Crippen LogP contribution is 2.01. The second-order valence-electron chi connectivity index (χ2n) is 5.29. The second-order valence-corrected chi connectivity index (χ2v) is 5.71. The molecule has 0 amide bonds. The van der Waals surface area contributed by atoms with Crippen LogP contribution in [0.1, 0.15) is 11.1 Å². The molecular formula is C19H20N2O4S. The van der Waals surface area contributed by atoms with E-state index in [2.05, 4.69) is 22.9 Å². The number of carbonyl (C=O) groups is 2. The van der Waals surface area contributed by atoms with E-state index in [1.165, 1.54) is 0 Å². The van der Waals surface area contributed by atoms with Crippen molar-refractivity contribution in [3.63, 3.8) is 0 Å². The Morgan fingerprint density at radius 1 is 0.846 bits per heavy atom. The van der Waals surface area contributed by atoms with E-state index in [0.717, 1.165) is 11.1 Å². The Morgan fingerprint density at radius 3 is 1.88 bits per heavy atom. The van der Waals surface area contributed by atoms with Crippen molar-refractivity contribution in [3.8, 4) is 0 Å². The lowest BCUT2D eigenvalue weighted by atomic mass is 10.2. The highest BCUT2D eigenvalue weighted by atomic mass is 32.1. The minimum atomic E-state index is -0.478. The molecule has 0 fully saturated rings. The number of hydrogen-bond donors (Lipinski definition) is 2. The largest absolute Gasteiger partial charge is 0.460 e. The summed E-state index contributed by atoms with van der Waals surface area (Å²) in [6.07, 6.45) is 0. The second kappa shape index (κ2) is 10.9. The van der Waals surface area contributed by atoms with Crippen LogP contribution in [0.25, 0.3) is 0 Å². The summed E-state index contributed by atoms with van der Waals surface area (Å²) in [4.78, 5) is 27.2. The maximum Gasteiger partial charge on any atom is 0.328 e. The highest BCUT2D eigenvalue weighted by Gasteiger charge is 2.06. The monoisotopic (exact) mass is 372 g/mol. The smallest absolute Gasteiger partial charge is 0.328 e. The molecule has 0 aromatic heterocycles. The molecule has 7 heteroatoms. The predicted octanol–water partition coefficient (Wildman–Crippen LogP) is 2.35. The SMILES string of the molecule is O=C(C/N=C(\S)NCC(=O)OCc1ccccc1)OCc1ccccc1. The Hall–Kier alpha value is -2.80. The quantitative estimate of drug-likeness (QED) is 0.322. The van der Waals surface area contributed by atoms with Crippen molar-refractivity contribution in [2.75, 3.05) is 13.1 Å². The van der Waals surface area contributed by atoms with Crippen molar-refractivity contribution in [1.82, 2.24) is 5.32 Å². The first kappa shape index (κ1) is 19.5. The molecule has 0 radical (unpaired) electrons. The lowest BCUT2D eigenvalue weighted by Gasteiger charge is -2.07. The van der Waals surface area contributed by atoms with Crippen molar-refractivity contribution in [2.45, 2.75) is 13.2 Å². The number of nitrogens with one attached hydrogen (secondary N) is 1. The van der Waals surface area contributed by atoms with Gasteiger partial charge >= 0.3 is 11.9 Å². The fourth-order valence-corrected chi connectivity index (χ4v) is 2.07. The highest BCUT2D eigenvalue weighted by molar-refractivity contribution is 7.96. The van der Waals surface area contributed by atoms with E-state index in [0.29, 0.717) is 0 Å². The topological polar surface area (TPSA) is 77.0 Å². The molecule has 2 rings (SSSR count). The van der Waals surface area contributed by atoms with E-state index in [-0.39, 0.29) is 31.5 Å². The number of amidine groups is 1. The van der Waals surface area contributed by atoms with E-state index < -0.39 is 11.9 Å². The van der Waals surface area contributed by atoms with Crippen molar-refractivity contribution in [3.05, 3.63) is 71.8 Å². The molecular weight excluding hydrogens is 352 g/mol. The fourth-order valence-electron chi connectivity index (χ4n) is 1.92. The number of benzene rings is 2. The van der Waals surface area contributed by atoms with Crippen molar-refractivity contribution in [2.24, 2.45) is 4.99 Å². The minimum absolute atomic E-state index is 0.0891. The first-order valence-electron chi connectivity index (χ1n) is 8.00. The zero-order valence-electron chi connectivity index (χ0n) is 14.1. The molecule has 2 aromatic rings. The average molecular weight is 372 g/mol. The van der Waals surface area contributed by atoms with Crippen LogP contribution in [0.4, 0.5) is 0 Å². The molecule has 1 N–H and O–H groups in total. The maximum absolute atomic E-state index is 11.7. The van der Waals surface area contributed by atoms with Gasteiger partial charge < -0.3 is 14.8 Å². The van der Waals surface area contributed by atoms with Gasteiger partial charge in [0, 0.05) is 0 Å². The minimum Gasteiger partial charge on any atom is -0.460 e. The zero-order valence-corrected chi connectivity index (χ0v) is 15.0. The van der Waals surface area contributed by atoms with E-state index in [9.17, 15) is 9.59 Å². The molecule has 136 valence electrons. The number of thiol groups is 1. The molecule has 0 aliphatic rings. The number of ether oxygens (including phenoxy) is 2. The van der Waals surface area contributed by atoms with Crippen LogP contribution >= 0.6 is 12.6 Å². The normalized spacial score (nSPS) is 10.9. The van der Waals surface area contributed by atoms with E-state index in [1.807, 2.05) is 60.7 Å². The Morgan fingerprint density at radius 2 is 1.35 bits per heavy atom. The number of aliphatic imine (C=N–C) groups is 1. The predicted molar refractivity (Wildman–Crippen MR) is 102 cm³/mol. The molecule has 0 atom stereocenters. The first-order chi connectivity index (χ1) is 12.6. The van der Waals surface area contributed by atoms with Gasteiger partial charge in [0.1, 0.15) is 26.3 Å². The molecule has 0 bridgehead atoms. The Labute approximate surface area is 157 Å². The van der Waals surface area contributed by atoms with Gasteiger partial charge in [0.25, 0.3) is 0 Å². The summed E-state index contributed by atoms with van der Waals surface area (Å²) in [6.45, 7) is 0.120. The van der Waals surface area contributed by atoms with Crippen molar-refractivity contribution < 1.29 is 19.1 Å². The standard InChI is InChI=1S/C19H20N2O4S/c22-17(24-13-15-7-3-1-4-8-15)11-20-19(26)21-12-18(23)25-14-16-9-5-2-6-10-16/h1-10H,11-14H2,(H2,20,21,26). The van der Waals surface area contributed by atoms with Gasteiger partial charge in [-0.1, -0.05) is 60.7 Å². The Kier molecular flexibility index (Phi) is 8.21. The van der Waals surface area contributed by atoms with Crippen LogP contribution in [0.3, 0.4) is 0 Å². The lowest BCUT2D eigenvalue weighted by Crippen LogP contribution is -2.28.